The van der Waals surface area contributed by atoms with Gasteiger partial charge in [-0.15, -0.1) is 0 Å². The molecule has 2 aromatic rings. The number of fused-ring (bicyclic) bond motifs is 1. The van der Waals surface area contributed by atoms with Crippen LogP contribution < -0.4 is 11.2 Å². The lowest BCUT2D eigenvalue weighted by Crippen LogP contribution is -2.37. The molecule has 0 bridgehead atoms. The lowest BCUT2D eigenvalue weighted by Gasteiger charge is -2.10. The molecule has 0 aliphatic heterocycles. The van der Waals surface area contributed by atoms with Gasteiger partial charge in [0.05, 0.1) is 6.33 Å². The van der Waals surface area contributed by atoms with Gasteiger partial charge in [-0.2, -0.15) is 0 Å². The zero-order valence-electron chi connectivity index (χ0n) is 8.57. The van der Waals surface area contributed by atoms with Crippen LogP contribution in [0.15, 0.2) is 15.9 Å². The monoisotopic (exact) mass is 208 g/mol. The van der Waals surface area contributed by atoms with Crippen LogP contribution in [0.5, 0.6) is 0 Å². The van der Waals surface area contributed by atoms with Crippen molar-refractivity contribution >= 4 is 11.2 Å². The van der Waals surface area contributed by atoms with E-state index in [4.69, 9.17) is 0 Å². The van der Waals surface area contributed by atoms with Gasteiger partial charge >= 0.3 is 5.69 Å². The van der Waals surface area contributed by atoms with Crippen LogP contribution in [0, 0.1) is 0 Å². The Morgan fingerprint density at radius 1 is 1.53 bits per heavy atom. The van der Waals surface area contributed by atoms with Crippen LogP contribution >= 0.6 is 0 Å². The summed E-state index contributed by atoms with van der Waals surface area (Å²) in [6, 6.07) is -0.117. The van der Waals surface area contributed by atoms with E-state index in [-0.39, 0.29) is 11.6 Å². The maximum atomic E-state index is 11.9. The minimum Gasteiger partial charge on any atom is -0.339 e. The fourth-order valence-electron chi connectivity index (χ4n) is 1.51. The van der Waals surface area contributed by atoms with Crippen LogP contribution in [0.1, 0.15) is 26.3 Å². The van der Waals surface area contributed by atoms with Gasteiger partial charge in [0.1, 0.15) is 5.52 Å². The Morgan fingerprint density at radius 2 is 2.27 bits per heavy atom. The molecule has 1 atom stereocenters. The highest BCUT2D eigenvalue weighted by atomic mass is 16.2. The zero-order valence-corrected chi connectivity index (χ0v) is 8.57. The molecule has 0 saturated heterocycles. The summed E-state index contributed by atoms with van der Waals surface area (Å²) in [7, 11) is 0. The fraction of sp³-hybridized carbons (Fsp3) is 0.444. The smallest absolute Gasteiger partial charge is 0.330 e. The van der Waals surface area contributed by atoms with E-state index in [0.29, 0.717) is 11.2 Å². The topological polar surface area (TPSA) is 83.5 Å². The first kappa shape index (κ1) is 9.70. The normalized spacial score (nSPS) is 13.2. The minimum absolute atomic E-state index is 0.117. The highest BCUT2D eigenvalue weighted by Gasteiger charge is 2.12. The number of aromatic nitrogens is 4. The van der Waals surface area contributed by atoms with Crippen molar-refractivity contribution in [3.05, 3.63) is 27.2 Å². The largest absolute Gasteiger partial charge is 0.339 e. The van der Waals surface area contributed by atoms with E-state index >= 15 is 0 Å². The number of aromatic amines is 2. The summed E-state index contributed by atoms with van der Waals surface area (Å²) in [5.41, 5.74) is -0.0750. The van der Waals surface area contributed by atoms with Crippen molar-refractivity contribution in [3.63, 3.8) is 0 Å². The van der Waals surface area contributed by atoms with Gasteiger partial charge in [-0.1, -0.05) is 6.92 Å². The predicted octanol–water partition coefficient (Wildman–Crippen LogP) is 0.384. The van der Waals surface area contributed by atoms with E-state index < -0.39 is 5.69 Å². The predicted molar refractivity (Wildman–Crippen MR) is 56.0 cm³/mol. The number of imidazole rings is 1. The second-order valence-electron chi connectivity index (χ2n) is 3.49. The van der Waals surface area contributed by atoms with Gasteiger partial charge in [-0.3, -0.25) is 14.3 Å². The third-order valence-electron chi connectivity index (χ3n) is 2.55. The summed E-state index contributed by atoms with van der Waals surface area (Å²) in [4.78, 5) is 32.6. The molecule has 2 aromatic heterocycles. The first-order valence-electron chi connectivity index (χ1n) is 4.83. The standard InChI is InChI=1S/C9H12N4O2/c1-3-5(2)13-8(14)6-7(11-4-10-6)12-9(13)15/h4-5H,3H2,1-2H3,(H,10,11)(H,12,15). The summed E-state index contributed by atoms with van der Waals surface area (Å²) in [5, 5.41) is 0. The number of nitrogens with zero attached hydrogens (tertiary/aromatic N) is 2. The van der Waals surface area contributed by atoms with Crippen LogP contribution in [0.25, 0.3) is 11.2 Å². The molecule has 6 heteroatoms. The molecule has 0 spiro atoms. The summed E-state index contributed by atoms with van der Waals surface area (Å²) in [5.74, 6) is 0. The van der Waals surface area contributed by atoms with Crippen molar-refractivity contribution in [3.8, 4) is 0 Å². The number of rotatable bonds is 2. The highest BCUT2D eigenvalue weighted by molar-refractivity contribution is 5.67. The molecular weight excluding hydrogens is 196 g/mol. The van der Waals surface area contributed by atoms with Crippen molar-refractivity contribution in [2.45, 2.75) is 26.3 Å². The number of H-pyrrole nitrogens is 2. The molecule has 2 rings (SSSR count). The lowest BCUT2D eigenvalue weighted by atomic mass is 10.2. The highest BCUT2D eigenvalue weighted by Crippen LogP contribution is 2.04. The SMILES string of the molecule is CCC(C)n1c(=O)[nH]c2nc[nH]c2c1=O. The molecule has 1 unspecified atom stereocenters. The molecule has 0 aromatic carbocycles. The average Bonchev–Trinajstić information content (AvgIpc) is 2.65. The molecule has 0 fully saturated rings. The molecule has 2 heterocycles. The van der Waals surface area contributed by atoms with Crippen LogP contribution in [-0.4, -0.2) is 19.5 Å². The van der Waals surface area contributed by atoms with Crippen molar-refractivity contribution < 1.29 is 0 Å². The fourth-order valence-corrected chi connectivity index (χ4v) is 1.51. The molecule has 0 radical (unpaired) electrons. The Kier molecular flexibility index (Phi) is 2.18. The second-order valence-corrected chi connectivity index (χ2v) is 3.49. The van der Waals surface area contributed by atoms with Crippen LogP contribution in [-0.2, 0) is 0 Å². The zero-order chi connectivity index (χ0) is 11.0. The van der Waals surface area contributed by atoms with Gasteiger partial charge in [0.25, 0.3) is 5.56 Å². The van der Waals surface area contributed by atoms with E-state index in [0.717, 1.165) is 6.42 Å². The summed E-state index contributed by atoms with van der Waals surface area (Å²) in [6.07, 6.45) is 2.12. The van der Waals surface area contributed by atoms with Gasteiger partial charge in [0.15, 0.2) is 5.65 Å². The van der Waals surface area contributed by atoms with Crippen molar-refractivity contribution in [2.24, 2.45) is 0 Å². The van der Waals surface area contributed by atoms with Gasteiger partial charge in [-0.05, 0) is 13.3 Å². The third kappa shape index (κ3) is 1.38. The summed E-state index contributed by atoms with van der Waals surface area (Å²) >= 11 is 0. The third-order valence-corrected chi connectivity index (χ3v) is 2.55. The molecular formula is C9H12N4O2. The van der Waals surface area contributed by atoms with Crippen LogP contribution in [0.3, 0.4) is 0 Å². The first-order chi connectivity index (χ1) is 7.15. The van der Waals surface area contributed by atoms with Crippen molar-refractivity contribution in [1.29, 1.82) is 0 Å². The summed E-state index contributed by atoms with van der Waals surface area (Å²) in [6.45, 7) is 3.76. The van der Waals surface area contributed by atoms with Gasteiger partial charge in [-0.25, -0.2) is 9.78 Å². The molecule has 0 amide bonds. The Bertz CT molecular complexity index is 592. The lowest BCUT2D eigenvalue weighted by molar-refractivity contribution is 0.494. The second kappa shape index (κ2) is 3.38. The van der Waals surface area contributed by atoms with Crippen molar-refractivity contribution in [1.82, 2.24) is 19.5 Å². The molecule has 80 valence electrons. The number of hydrogen-bond donors (Lipinski definition) is 2. The quantitative estimate of drug-likeness (QED) is 0.748. The minimum atomic E-state index is -0.408. The average molecular weight is 208 g/mol. The molecule has 0 aliphatic rings. The van der Waals surface area contributed by atoms with E-state index in [9.17, 15) is 9.59 Å². The Hall–Kier alpha value is -1.85. The molecule has 15 heavy (non-hydrogen) atoms. The van der Waals surface area contributed by atoms with E-state index in [1.165, 1.54) is 10.9 Å². The van der Waals surface area contributed by atoms with Gasteiger partial charge < -0.3 is 4.98 Å². The van der Waals surface area contributed by atoms with E-state index in [2.05, 4.69) is 15.0 Å². The Balaban J connectivity index is 2.85. The van der Waals surface area contributed by atoms with E-state index in [1.54, 1.807) is 0 Å². The Labute approximate surface area is 85.0 Å². The summed E-state index contributed by atoms with van der Waals surface area (Å²) < 4.78 is 1.21. The Morgan fingerprint density at radius 3 is 2.93 bits per heavy atom. The van der Waals surface area contributed by atoms with Gasteiger partial charge in [0.2, 0.25) is 0 Å². The van der Waals surface area contributed by atoms with Crippen LogP contribution in [0.4, 0.5) is 0 Å². The maximum Gasteiger partial charge on any atom is 0.330 e. The first-order valence-corrected chi connectivity index (χ1v) is 4.83. The maximum absolute atomic E-state index is 11.9. The van der Waals surface area contributed by atoms with Gasteiger partial charge in [0, 0.05) is 6.04 Å². The molecule has 0 saturated carbocycles. The van der Waals surface area contributed by atoms with E-state index in [1.807, 2.05) is 13.8 Å². The molecule has 2 N–H and O–H groups in total. The molecule has 0 aliphatic carbocycles. The number of hydrogen-bond acceptors (Lipinski definition) is 3. The van der Waals surface area contributed by atoms with Crippen LogP contribution in [0.2, 0.25) is 0 Å². The van der Waals surface area contributed by atoms with Crippen molar-refractivity contribution in [2.75, 3.05) is 0 Å². The molecule has 6 nitrogen and oxygen atoms in total. The number of nitrogens with one attached hydrogen (secondary N) is 2.